The molecule has 0 fully saturated rings. The highest BCUT2D eigenvalue weighted by atomic mass is 16.6. The van der Waals surface area contributed by atoms with Gasteiger partial charge in [-0.2, -0.15) is 10.2 Å². The van der Waals surface area contributed by atoms with Crippen LogP contribution in [0.5, 0.6) is 0 Å². The van der Waals surface area contributed by atoms with E-state index in [1.165, 1.54) is 12.1 Å². The summed E-state index contributed by atoms with van der Waals surface area (Å²) in [6.07, 6.45) is 2.76. The number of nitrogens with zero attached hydrogens (tertiary/aromatic N) is 5. The largest absolute Gasteiger partial charge is 0.275 e. The van der Waals surface area contributed by atoms with Crippen molar-refractivity contribution in [3.05, 3.63) is 87.7 Å². The molecule has 0 radical (unpaired) electrons. The number of non-ortho nitro benzene ring substituents is 1. The van der Waals surface area contributed by atoms with E-state index >= 15 is 0 Å². The van der Waals surface area contributed by atoms with Crippen molar-refractivity contribution in [2.24, 2.45) is 12.1 Å². The molecule has 0 amide bonds. The van der Waals surface area contributed by atoms with Crippen molar-refractivity contribution in [2.75, 3.05) is 5.01 Å². The molecule has 1 aliphatic rings. The van der Waals surface area contributed by atoms with Gasteiger partial charge in [0.15, 0.2) is 0 Å². The van der Waals surface area contributed by atoms with E-state index in [1.54, 1.807) is 16.8 Å². The normalized spacial score (nSPS) is 16.4. The van der Waals surface area contributed by atoms with E-state index in [4.69, 9.17) is 5.10 Å². The standard InChI is InChI=1S/C20H19N5O2/c1-14-18(13-23(2)21-14)20-12-19(15-6-4-3-5-7-15)22-24(20)16-8-10-17(11-9-16)25(26)27/h3-11,13,20H,12H2,1-2H3. The quantitative estimate of drug-likeness (QED) is 0.520. The fraction of sp³-hybridized carbons (Fsp3) is 0.200. The van der Waals surface area contributed by atoms with Gasteiger partial charge in [0.2, 0.25) is 0 Å². The number of hydrazone groups is 1. The average molecular weight is 361 g/mol. The minimum Gasteiger partial charge on any atom is -0.275 e. The zero-order valence-electron chi connectivity index (χ0n) is 15.1. The molecule has 0 saturated heterocycles. The van der Waals surface area contributed by atoms with Crippen molar-refractivity contribution >= 4 is 17.1 Å². The molecule has 4 rings (SSSR count). The Morgan fingerprint density at radius 3 is 2.41 bits per heavy atom. The van der Waals surface area contributed by atoms with Crippen molar-refractivity contribution in [3.8, 4) is 0 Å². The fourth-order valence-corrected chi connectivity index (χ4v) is 3.47. The third-order valence-electron chi connectivity index (χ3n) is 4.75. The number of anilines is 1. The van der Waals surface area contributed by atoms with Gasteiger partial charge >= 0.3 is 0 Å². The monoisotopic (exact) mass is 361 g/mol. The molecule has 3 aromatic rings. The maximum atomic E-state index is 11.0. The van der Waals surface area contributed by atoms with Gasteiger partial charge in [0, 0.05) is 37.4 Å². The molecule has 1 atom stereocenters. The van der Waals surface area contributed by atoms with Crippen LogP contribution < -0.4 is 5.01 Å². The predicted molar refractivity (Wildman–Crippen MR) is 104 cm³/mol. The van der Waals surface area contributed by atoms with Crippen LogP contribution >= 0.6 is 0 Å². The molecule has 2 aromatic carbocycles. The molecular weight excluding hydrogens is 342 g/mol. The van der Waals surface area contributed by atoms with Crippen molar-refractivity contribution in [1.82, 2.24) is 9.78 Å². The summed E-state index contributed by atoms with van der Waals surface area (Å²) in [7, 11) is 1.90. The van der Waals surface area contributed by atoms with Crippen LogP contribution in [-0.4, -0.2) is 20.4 Å². The summed E-state index contributed by atoms with van der Waals surface area (Å²) >= 11 is 0. The first-order valence-corrected chi connectivity index (χ1v) is 8.69. The lowest BCUT2D eigenvalue weighted by atomic mass is 9.99. The van der Waals surface area contributed by atoms with Crippen LogP contribution in [0.4, 0.5) is 11.4 Å². The maximum absolute atomic E-state index is 11.0. The number of benzene rings is 2. The lowest BCUT2D eigenvalue weighted by molar-refractivity contribution is -0.384. The van der Waals surface area contributed by atoms with Crippen LogP contribution in [-0.2, 0) is 7.05 Å². The Balaban J connectivity index is 1.76. The van der Waals surface area contributed by atoms with E-state index in [0.717, 1.165) is 34.6 Å². The van der Waals surface area contributed by atoms with Crippen LogP contribution in [0.25, 0.3) is 0 Å². The highest BCUT2D eigenvalue weighted by molar-refractivity contribution is 6.03. The third kappa shape index (κ3) is 3.19. The van der Waals surface area contributed by atoms with Gasteiger partial charge in [-0.1, -0.05) is 30.3 Å². The third-order valence-corrected chi connectivity index (χ3v) is 4.75. The number of rotatable bonds is 4. The van der Waals surface area contributed by atoms with Crippen LogP contribution in [0.2, 0.25) is 0 Å². The molecule has 0 bridgehead atoms. The van der Waals surface area contributed by atoms with E-state index in [9.17, 15) is 10.1 Å². The Morgan fingerprint density at radius 1 is 1.11 bits per heavy atom. The lowest BCUT2D eigenvalue weighted by Gasteiger charge is -2.23. The van der Waals surface area contributed by atoms with Crippen LogP contribution in [0.3, 0.4) is 0 Å². The van der Waals surface area contributed by atoms with Gasteiger partial charge in [0.1, 0.15) is 0 Å². The minimum atomic E-state index is -0.394. The predicted octanol–water partition coefficient (Wildman–Crippen LogP) is 3.99. The second-order valence-electron chi connectivity index (χ2n) is 6.59. The summed E-state index contributed by atoms with van der Waals surface area (Å²) in [6, 6.07) is 16.6. The molecule has 1 aliphatic heterocycles. The number of hydrogen-bond acceptors (Lipinski definition) is 5. The van der Waals surface area contributed by atoms with Crippen molar-refractivity contribution < 1.29 is 4.92 Å². The topological polar surface area (TPSA) is 76.6 Å². The lowest BCUT2D eigenvalue weighted by Crippen LogP contribution is -2.18. The molecule has 1 unspecified atom stereocenters. The summed E-state index contributed by atoms with van der Waals surface area (Å²) in [6.45, 7) is 1.99. The molecular formula is C20H19N5O2. The Kier molecular flexibility index (Phi) is 4.19. The molecule has 0 aliphatic carbocycles. The number of hydrogen-bond donors (Lipinski definition) is 0. The van der Waals surface area contributed by atoms with Crippen molar-refractivity contribution in [1.29, 1.82) is 0 Å². The van der Waals surface area contributed by atoms with E-state index < -0.39 is 4.92 Å². The van der Waals surface area contributed by atoms with Gasteiger partial charge in [-0.25, -0.2) is 0 Å². The van der Waals surface area contributed by atoms with E-state index in [0.29, 0.717) is 0 Å². The Labute approximate surface area is 156 Å². The van der Waals surface area contributed by atoms with Gasteiger partial charge in [-0.05, 0) is 24.6 Å². The number of aryl methyl sites for hydroxylation is 2. The number of aromatic nitrogens is 2. The number of nitro groups is 1. The zero-order valence-corrected chi connectivity index (χ0v) is 15.1. The van der Waals surface area contributed by atoms with Gasteiger partial charge in [-0.3, -0.25) is 19.8 Å². The van der Waals surface area contributed by atoms with E-state index in [-0.39, 0.29) is 11.7 Å². The highest BCUT2D eigenvalue weighted by Crippen LogP contribution is 2.38. The summed E-state index contributed by atoms with van der Waals surface area (Å²) in [4.78, 5) is 10.6. The Hall–Kier alpha value is -3.48. The highest BCUT2D eigenvalue weighted by Gasteiger charge is 2.32. The van der Waals surface area contributed by atoms with E-state index in [2.05, 4.69) is 5.10 Å². The second kappa shape index (κ2) is 6.68. The van der Waals surface area contributed by atoms with Gasteiger partial charge in [-0.15, -0.1) is 0 Å². The maximum Gasteiger partial charge on any atom is 0.269 e. The summed E-state index contributed by atoms with van der Waals surface area (Å²) in [5.41, 5.74) is 5.01. The minimum absolute atomic E-state index is 0.00429. The molecule has 7 nitrogen and oxygen atoms in total. The van der Waals surface area contributed by atoms with Crippen molar-refractivity contribution in [3.63, 3.8) is 0 Å². The molecule has 2 heterocycles. The molecule has 0 N–H and O–H groups in total. The molecule has 7 heteroatoms. The zero-order chi connectivity index (χ0) is 19.0. The van der Waals surface area contributed by atoms with Crippen LogP contribution in [0.1, 0.15) is 29.3 Å². The first-order valence-electron chi connectivity index (χ1n) is 8.69. The molecule has 0 spiro atoms. The van der Waals surface area contributed by atoms with Gasteiger partial charge in [0.05, 0.1) is 28.1 Å². The van der Waals surface area contributed by atoms with Crippen molar-refractivity contribution in [2.45, 2.75) is 19.4 Å². The summed E-state index contributed by atoms with van der Waals surface area (Å²) < 4.78 is 1.80. The first-order chi connectivity index (χ1) is 13.0. The SMILES string of the molecule is Cc1nn(C)cc1C1CC(c2ccccc2)=NN1c1ccc([N+](=O)[O-])cc1. The smallest absolute Gasteiger partial charge is 0.269 e. The van der Waals surface area contributed by atoms with E-state index in [1.807, 2.05) is 55.5 Å². The van der Waals surface area contributed by atoms with Crippen LogP contribution in [0, 0.1) is 17.0 Å². The average Bonchev–Trinajstić information content (AvgIpc) is 3.25. The Bertz CT molecular complexity index is 1010. The second-order valence-corrected chi connectivity index (χ2v) is 6.59. The molecule has 27 heavy (non-hydrogen) atoms. The van der Waals surface area contributed by atoms with Crippen LogP contribution in [0.15, 0.2) is 65.9 Å². The molecule has 1 aromatic heterocycles. The molecule has 136 valence electrons. The summed E-state index contributed by atoms with van der Waals surface area (Å²) in [5, 5.41) is 22.2. The first kappa shape index (κ1) is 17.0. The van der Waals surface area contributed by atoms with Gasteiger partial charge < -0.3 is 0 Å². The Morgan fingerprint density at radius 2 is 1.81 bits per heavy atom. The molecule has 0 saturated carbocycles. The summed E-state index contributed by atoms with van der Waals surface area (Å²) in [5.74, 6) is 0. The fourth-order valence-electron chi connectivity index (χ4n) is 3.47. The number of nitro benzene ring substituents is 1. The van der Waals surface area contributed by atoms with Gasteiger partial charge in [0.25, 0.3) is 5.69 Å².